The van der Waals surface area contributed by atoms with Crippen LogP contribution in [0.1, 0.15) is 31.2 Å². The maximum atomic E-state index is 12.1. The zero-order chi connectivity index (χ0) is 16.7. The Labute approximate surface area is 133 Å². The topological polar surface area (TPSA) is 93.1 Å². The standard InChI is InChI=1S/C16H19NO6/c18-14(19)9-5-4-8-13-15(20)23-11-17(13)16(21)22-10-12-6-2-1-3-7-12/h1-3,6-7,13H,4-5,8-11H2,(H,18,19)/t13-/m0/s1. The van der Waals surface area contributed by atoms with Gasteiger partial charge in [-0.3, -0.25) is 9.69 Å². The maximum absolute atomic E-state index is 12.1. The number of carbonyl (C=O) groups is 3. The SMILES string of the molecule is O=C(O)CCCC[C@H]1C(=O)OCN1C(=O)OCc1ccccc1. The summed E-state index contributed by atoms with van der Waals surface area (Å²) in [6.07, 6.45) is 0.774. The largest absolute Gasteiger partial charge is 0.481 e. The van der Waals surface area contributed by atoms with Gasteiger partial charge in [0.1, 0.15) is 12.6 Å². The van der Waals surface area contributed by atoms with Crippen LogP contribution in [0.2, 0.25) is 0 Å². The molecule has 1 aromatic rings. The highest BCUT2D eigenvalue weighted by molar-refractivity contribution is 5.83. The van der Waals surface area contributed by atoms with E-state index in [1.165, 1.54) is 4.90 Å². The lowest BCUT2D eigenvalue weighted by atomic mass is 10.1. The van der Waals surface area contributed by atoms with Gasteiger partial charge in [-0.1, -0.05) is 36.8 Å². The molecule has 7 nitrogen and oxygen atoms in total. The van der Waals surface area contributed by atoms with Gasteiger partial charge in [0, 0.05) is 6.42 Å². The number of nitrogens with zero attached hydrogens (tertiary/aromatic N) is 1. The molecule has 2 rings (SSSR count). The highest BCUT2D eigenvalue weighted by Gasteiger charge is 2.38. The Kier molecular flexibility index (Phi) is 5.96. The van der Waals surface area contributed by atoms with E-state index < -0.39 is 24.1 Å². The predicted molar refractivity (Wildman–Crippen MR) is 79.3 cm³/mol. The molecule has 1 aromatic carbocycles. The summed E-state index contributed by atoms with van der Waals surface area (Å²) in [7, 11) is 0. The molecule has 1 aliphatic rings. The average Bonchev–Trinajstić information content (AvgIpc) is 2.91. The van der Waals surface area contributed by atoms with Crippen LogP contribution < -0.4 is 0 Å². The van der Waals surface area contributed by atoms with Crippen LogP contribution in [0.5, 0.6) is 0 Å². The molecule has 0 radical (unpaired) electrons. The number of ether oxygens (including phenoxy) is 2. The first-order valence-corrected chi connectivity index (χ1v) is 7.43. The number of rotatable bonds is 7. The summed E-state index contributed by atoms with van der Waals surface area (Å²) in [5.74, 6) is -1.35. The second-order valence-corrected chi connectivity index (χ2v) is 5.26. The minimum Gasteiger partial charge on any atom is -0.481 e. The van der Waals surface area contributed by atoms with E-state index in [4.69, 9.17) is 14.6 Å². The van der Waals surface area contributed by atoms with Gasteiger partial charge in [0.25, 0.3) is 0 Å². The van der Waals surface area contributed by atoms with E-state index >= 15 is 0 Å². The number of amides is 1. The Morgan fingerprint density at radius 1 is 1.26 bits per heavy atom. The third-order valence-electron chi connectivity index (χ3n) is 3.55. The van der Waals surface area contributed by atoms with Gasteiger partial charge in [-0.25, -0.2) is 9.59 Å². The smallest absolute Gasteiger partial charge is 0.413 e. The second kappa shape index (κ2) is 8.17. The monoisotopic (exact) mass is 321 g/mol. The van der Waals surface area contributed by atoms with Crippen molar-refractivity contribution in [1.29, 1.82) is 0 Å². The Balaban J connectivity index is 1.82. The fourth-order valence-electron chi connectivity index (χ4n) is 2.32. The van der Waals surface area contributed by atoms with Crippen LogP contribution in [0.25, 0.3) is 0 Å². The van der Waals surface area contributed by atoms with E-state index in [1.54, 1.807) is 0 Å². The molecular weight excluding hydrogens is 302 g/mol. The van der Waals surface area contributed by atoms with Gasteiger partial charge >= 0.3 is 18.0 Å². The van der Waals surface area contributed by atoms with Gasteiger partial charge in [0.2, 0.25) is 0 Å². The molecule has 7 heteroatoms. The van der Waals surface area contributed by atoms with Gasteiger partial charge in [-0.15, -0.1) is 0 Å². The molecule has 1 atom stereocenters. The van der Waals surface area contributed by atoms with Gasteiger partial charge in [0.15, 0.2) is 6.73 Å². The fourth-order valence-corrected chi connectivity index (χ4v) is 2.32. The summed E-state index contributed by atoms with van der Waals surface area (Å²) in [6, 6.07) is 8.52. The van der Waals surface area contributed by atoms with Gasteiger partial charge in [-0.2, -0.15) is 0 Å². The van der Waals surface area contributed by atoms with Crippen molar-refractivity contribution < 1.29 is 29.0 Å². The van der Waals surface area contributed by atoms with E-state index in [1.807, 2.05) is 30.3 Å². The lowest BCUT2D eigenvalue weighted by molar-refractivity contribution is -0.139. The van der Waals surface area contributed by atoms with Gasteiger partial charge in [0.05, 0.1) is 0 Å². The van der Waals surface area contributed by atoms with E-state index in [0.717, 1.165) is 5.56 Å². The number of benzene rings is 1. The first-order valence-electron chi connectivity index (χ1n) is 7.43. The summed E-state index contributed by atoms with van der Waals surface area (Å²) in [6.45, 7) is -0.00779. The molecule has 1 aliphatic heterocycles. The number of carboxylic acid groups (broad SMARTS) is 1. The highest BCUT2D eigenvalue weighted by Crippen LogP contribution is 2.19. The summed E-state index contributed by atoms with van der Waals surface area (Å²) in [5.41, 5.74) is 0.852. The van der Waals surface area contributed by atoms with Crippen LogP contribution >= 0.6 is 0 Å². The normalized spacial score (nSPS) is 17.0. The number of unbranched alkanes of at least 4 members (excludes halogenated alkanes) is 1. The summed E-state index contributed by atoms with van der Waals surface area (Å²) >= 11 is 0. The van der Waals surface area contributed by atoms with Gasteiger partial charge < -0.3 is 14.6 Å². The molecule has 0 saturated carbocycles. The van der Waals surface area contributed by atoms with Crippen molar-refractivity contribution in [3.63, 3.8) is 0 Å². The molecule has 1 heterocycles. The van der Waals surface area contributed by atoms with Crippen molar-refractivity contribution >= 4 is 18.0 Å². The third-order valence-corrected chi connectivity index (χ3v) is 3.55. The lowest BCUT2D eigenvalue weighted by Crippen LogP contribution is -2.38. The fraction of sp³-hybridized carbons (Fsp3) is 0.438. The number of carbonyl (C=O) groups excluding carboxylic acids is 2. The Hall–Kier alpha value is -2.57. The van der Waals surface area contributed by atoms with Crippen molar-refractivity contribution in [1.82, 2.24) is 4.90 Å². The summed E-state index contributed by atoms with van der Waals surface area (Å²) in [5, 5.41) is 8.60. The molecule has 0 unspecified atom stereocenters. The van der Waals surface area contributed by atoms with Crippen molar-refractivity contribution in [2.45, 2.75) is 38.3 Å². The molecule has 1 saturated heterocycles. The van der Waals surface area contributed by atoms with E-state index in [2.05, 4.69) is 0 Å². The first-order chi connectivity index (χ1) is 11.1. The number of aliphatic carboxylic acids is 1. The zero-order valence-corrected chi connectivity index (χ0v) is 12.6. The summed E-state index contributed by atoms with van der Waals surface area (Å²) in [4.78, 5) is 35.5. The Morgan fingerprint density at radius 3 is 2.70 bits per heavy atom. The van der Waals surface area contributed by atoms with E-state index in [9.17, 15) is 14.4 Å². The number of hydrogen-bond donors (Lipinski definition) is 1. The van der Waals surface area contributed by atoms with Crippen LogP contribution in [0.15, 0.2) is 30.3 Å². The van der Waals surface area contributed by atoms with Crippen molar-refractivity contribution in [2.24, 2.45) is 0 Å². The minimum absolute atomic E-state index is 0.0419. The zero-order valence-electron chi connectivity index (χ0n) is 12.6. The minimum atomic E-state index is -0.877. The first kappa shape index (κ1) is 16.8. The molecule has 1 N–H and O–H groups in total. The van der Waals surface area contributed by atoms with E-state index in [0.29, 0.717) is 19.3 Å². The highest BCUT2D eigenvalue weighted by atomic mass is 16.6. The molecule has 124 valence electrons. The molecule has 1 amide bonds. The van der Waals surface area contributed by atoms with Crippen LogP contribution in [-0.2, 0) is 25.7 Å². The maximum Gasteiger partial charge on any atom is 0.413 e. The molecule has 0 aliphatic carbocycles. The Morgan fingerprint density at radius 2 is 2.00 bits per heavy atom. The molecule has 0 bridgehead atoms. The van der Waals surface area contributed by atoms with Crippen molar-refractivity contribution in [3.05, 3.63) is 35.9 Å². The number of carboxylic acids is 1. The van der Waals surface area contributed by atoms with Crippen LogP contribution in [0, 0.1) is 0 Å². The van der Waals surface area contributed by atoms with E-state index in [-0.39, 0.29) is 19.8 Å². The lowest BCUT2D eigenvalue weighted by Gasteiger charge is -2.19. The average molecular weight is 321 g/mol. The number of esters is 1. The molecule has 1 fully saturated rings. The van der Waals surface area contributed by atoms with Crippen LogP contribution in [-0.4, -0.2) is 40.8 Å². The Bertz CT molecular complexity index is 559. The second-order valence-electron chi connectivity index (χ2n) is 5.26. The molecular formula is C16H19NO6. The number of hydrogen-bond acceptors (Lipinski definition) is 5. The van der Waals surface area contributed by atoms with Gasteiger partial charge in [-0.05, 0) is 18.4 Å². The quantitative estimate of drug-likeness (QED) is 0.611. The number of cyclic esters (lactones) is 1. The predicted octanol–water partition coefficient (Wildman–Crippen LogP) is 2.15. The van der Waals surface area contributed by atoms with Crippen LogP contribution in [0.4, 0.5) is 4.79 Å². The van der Waals surface area contributed by atoms with Crippen molar-refractivity contribution in [2.75, 3.05) is 6.73 Å². The molecule has 0 aromatic heterocycles. The molecule has 23 heavy (non-hydrogen) atoms. The molecule has 0 spiro atoms. The van der Waals surface area contributed by atoms with Crippen molar-refractivity contribution in [3.8, 4) is 0 Å². The summed E-state index contributed by atoms with van der Waals surface area (Å²) < 4.78 is 10.1. The van der Waals surface area contributed by atoms with Crippen LogP contribution in [0.3, 0.4) is 0 Å². The third kappa shape index (κ3) is 4.98.